The highest BCUT2D eigenvalue weighted by molar-refractivity contribution is 7.17. The van der Waals surface area contributed by atoms with Crippen molar-refractivity contribution >= 4 is 28.8 Å². The first-order valence-corrected chi connectivity index (χ1v) is 4.03. The maximum absolute atomic E-state index is 11.0. The predicted molar refractivity (Wildman–Crippen MR) is 43.2 cm³/mol. The van der Waals surface area contributed by atoms with Crippen LogP contribution in [-0.4, -0.2) is 23.2 Å². The quantitative estimate of drug-likeness (QED) is 0.544. The molecule has 0 atom stereocenters. The molecule has 1 N–H and O–H groups in total. The van der Waals surface area contributed by atoms with E-state index in [-0.39, 0.29) is 0 Å². The Morgan fingerprint density at radius 2 is 2.36 bits per heavy atom. The molecule has 3 nitrogen and oxygen atoms in total. The molecule has 1 rings (SSSR count). The van der Waals surface area contributed by atoms with Gasteiger partial charge >= 0.3 is 0 Å². The van der Waals surface area contributed by atoms with Crippen molar-refractivity contribution in [2.24, 2.45) is 0 Å². The van der Waals surface area contributed by atoms with Gasteiger partial charge in [-0.15, -0.1) is 11.3 Å². The van der Waals surface area contributed by atoms with Crippen molar-refractivity contribution in [1.29, 1.82) is 0 Å². The molecule has 1 aromatic rings. The fourth-order valence-electron chi connectivity index (χ4n) is 0.589. The number of rotatable bonds is 1. The van der Waals surface area contributed by atoms with Gasteiger partial charge in [-0.1, -0.05) is 11.6 Å². The summed E-state index contributed by atoms with van der Waals surface area (Å²) in [4.78, 5) is 11.4. The fourth-order valence-corrected chi connectivity index (χ4v) is 1.60. The van der Waals surface area contributed by atoms with Crippen LogP contribution in [0.3, 0.4) is 0 Å². The zero-order valence-corrected chi connectivity index (χ0v) is 7.32. The van der Waals surface area contributed by atoms with E-state index >= 15 is 0 Å². The lowest BCUT2D eigenvalue weighted by molar-refractivity contribution is -0.0370. The third-order valence-corrected chi connectivity index (χ3v) is 2.30. The second-order valence-electron chi connectivity index (χ2n) is 1.93. The van der Waals surface area contributed by atoms with Gasteiger partial charge in [0, 0.05) is 7.05 Å². The summed E-state index contributed by atoms with van der Waals surface area (Å²) in [5.74, 6) is -0.443. The Balaban J connectivity index is 2.85. The molecule has 5 heteroatoms. The molecule has 0 radical (unpaired) electrons. The van der Waals surface area contributed by atoms with Gasteiger partial charge in [-0.3, -0.25) is 10.0 Å². The first-order valence-electron chi connectivity index (χ1n) is 2.83. The van der Waals surface area contributed by atoms with Crippen LogP contribution in [0.4, 0.5) is 0 Å². The Hall–Kier alpha value is -0.580. The highest BCUT2D eigenvalue weighted by atomic mass is 35.5. The molecule has 11 heavy (non-hydrogen) atoms. The van der Waals surface area contributed by atoms with Gasteiger partial charge in [-0.25, -0.2) is 5.06 Å². The Labute approximate surface area is 72.8 Å². The Morgan fingerprint density at radius 1 is 1.73 bits per heavy atom. The van der Waals surface area contributed by atoms with Crippen LogP contribution in [-0.2, 0) is 0 Å². The largest absolute Gasteiger partial charge is 0.287 e. The van der Waals surface area contributed by atoms with Crippen molar-refractivity contribution in [1.82, 2.24) is 5.06 Å². The summed E-state index contributed by atoms with van der Waals surface area (Å²) in [6.45, 7) is 0. The number of hydrogen-bond acceptors (Lipinski definition) is 3. The lowest BCUT2D eigenvalue weighted by Gasteiger charge is -2.04. The van der Waals surface area contributed by atoms with Crippen molar-refractivity contribution in [2.45, 2.75) is 0 Å². The van der Waals surface area contributed by atoms with Gasteiger partial charge in [0.1, 0.15) is 0 Å². The van der Waals surface area contributed by atoms with Crippen LogP contribution >= 0.6 is 22.9 Å². The summed E-state index contributed by atoms with van der Waals surface area (Å²) >= 11 is 6.71. The first kappa shape index (κ1) is 8.52. The Kier molecular flexibility index (Phi) is 2.49. The SMILES string of the molecule is CN(O)C(=O)c1ccc(Cl)s1. The molecule has 60 valence electrons. The molecule has 0 spiro atoms. The molecule has 0 bridgehead atoms. The van der Waals surface area contributed by atoms with Gasteiger partial charge in [-0.05, 0) is 12.1 Å². The number of halogens is 1. The number of amides is 1. The first-order chi connectivity index (χ1) is 5.11. The van der Waals surface area contributed by atoms with Gasteiger partial charge in [-0.2, -0.15) is 0 Å². The van der Waals surface area contributed by atoms with Gasteiger partial charge in [0.2, 0.25) is 0 Å². The van der Waals surface area contributed by atoms with E-state index in [9.17, 15) is 4.79 Å². The monoisotopic (exact) mass is 191 g/mol. The average Bonchev–Trinajstić information content (AvgIpc) is 2.34. The van der Waals surface area contributed by atoms with Gasteiger partial charge < -0.3 is 0 Å². The summed E-state index contributed by atoms with van der Waals surface area (Å²) in [5.41, 5.74) is 0. The minimum Gasteiger partial charge on any atom is -0.286 e. The van der Waals surface area contributed by atoms with Crippen LogP contribution in [0.1, 0.15) is 9.67 Å². The number of carbonyl (C=O) groups is 1. The summed E-state index contributed by atoms with van der Waals surface area (Å²) in [7, 11) is 1.27. The lowest BCUT2D eigenvalue weighted by Crippen LogP contribution is -2.21. The van der Waals surface area contributed by atoms with Crippen molar-refractivity contribution in [2.75, 3.05) is 7.05 Å². The summed E-state index contributed by atoms with van der Waals surface area (Å²) < 4.78 is 0.537. The van der Waals surface area contributed by atoms with E-state index in [0.29, 0.717) is 14.3 Å². The third kappa shape index (κ3) is 1.92. The molecule has 0 aromatic carbocycles. The van der Waals surface area contributed by atoms with Crippen LogP contribution in [0.5, 0.6) is 0 Å². The molecule has 1 heterocycles. The summed E-state index contributed by atoms with van der Waals surface area (Å²) in [6.07, 6.45) is 0. The zero-order chi connectivity index (χ0) is 8.43. The van der Waals surface area contributed by atoms with E-state index in [1.165, 1.54) is 7.05 Å². The molecule has 0 fully saturated rings. The minimum atomic E-state index is -0.443. The van der Waals surface area contributed by atoms with Gasteiger partial charge in [0.25, 0.3) is 5.91 Å². The molecule has 1 amide bonds. The smallest absolute Gasteiger partial charge is 0.286 e. The minimum absolute atomic E-state index is 0.431. The number of thiophene rings is 1. The molecular formula is C6H6ClNO2S. The standard InChI is InChI=1S/C6H6ClNO2S/c1-8(10)6(9)4-2-3-5(7)11-4/h2-3,10H,1H3. The maximum atomic E-state index is 11.0. The maximum Gasteiger partial charge on any atom is 0.287 e. The molecule has 0 aliphatic heterocycles. The van der Waals surface area contributed by atoms with Crippen LogP contribution < -0.4 is 0 Å². The van der Waals surface area contributed by atoms with E-state index in [1.54, 1.807) is 12.1 Å². The van der Waals surface area contributed by atoms with Crippen molar-refractivity contribution in [3.8, 4) is 0 Å². The van der Waals surface area contributed by atoms with Crippen LogP contribution in [0.15, 0.2) is 12.1 Å². The summed E-state index contributed by atoms with van der Waals surface area (Å²) in [6, 6.07) is 3.19. The number of carbonyl (C=O) groups excluding carboxylic acids is 1. The van der Waals surface area contributed by atoms with E-state index in [2.05, 4.69) is 0 Å². The second kappa shape index (κ2) is 3.21. The molecule has 0 aliphatic rings. The molecule has 0 saturated heterocycles. The van der Waals surface area contributed by atoms with Crippen molar-refractivity contribution < 1.29 is 10.0 Å². The van der Waals surface area contributed by atoms with Crippen molar-refractivity contribution in [3.63, 3.8) is 0 Å². The zero-order valence-electron chi connectivity index (χ0n) is 5.74. The number of nitrogens with zero attached hydrogens (tertiary/aromatic N) is 1. The van der Waals surface area contributed by atoms with Crippen molar-refractivity contribution in [3.05, 3.63) is 21.3 Å². The third-order valence-electron chi connectivity index (χ3n) is 1.08. The molecule has 0 aliphatic carbocycles. The van der Waals surface area contributed by atoms with Gasteiger partial charge in [0.15, 0.2) is 0 Å². The Morgan fingerprint density at radius 3 is 2.73 bits per heavy atom. The molecule has 0 unspecified atom stereocenters. The number of hydrogen-bond donors (Lipinski definition) is 1. The van der Waals surface area contributed by atoms with E-state index in [1.807, 2.05) is 0 Å². The number of hydroxylamine groups is 2. The van der Waals surface area contributed by atoms with Crippen LogP contribution in [0, 0.1) is 0 Å². The topological polar surface area (TPSA) is 40.5 Å². The average molecular weight is 192 g/mol. The fraction of sp³-hybridized carbons (Fsp3) is 0.167. The molecule has 0 saturated carbocycles. The van der Waals surface area contributed by atoms with Crippen LogP contribution in [0.2, 0.25) is 4.34 Å². The highest BCUT2D eigenvalue weighted by Crippen LogP contribution is 2.21. The molecule has 1 aromatic heterocycles. The van der Waals surface area contributed by atoms with Gasteiger partial charge in [0.05, 0.1) is 9.21 Å². The highest BCUT2D eigenvalue weighted by Gasteiger charge is 2.10. The molecular weight excluding hydrogens is 186 g/mol. The normalized spacial score (nSPS) is 9.73. The Bertz CT molecular complexity index is 271. The van der Waals surface area contributed by atoms with E-state index in [4.69, 9.17) is 16.8 Å². The summed E-state index contributed by atoms with van der Waals surface area (Å²) in [5, 5.41) is 9.26. The lowest BCUT2D eigenvalue weighted by atomic mass is 10.4. The van der Waals surface area contributed by atoms with E-state index < -0.39 is 5.91 Å². The van der Waals surface area contributed by atoms with E-state index in [0.717, 1.165) is 11.3 Å². The predicted octanol–water partition coefficient (Wildman–Crippen LogP) is 1.86. The second-order valence-corrected chi connectivity index (χ2v) is 3.65. The van der Waals surface area contributed by atoms with Crippen LogP contribution in [0.25, 0.3) is 0 Å².